The number of aliphatic carboxylic acids is 1. The average molecular weight is 476 g/mol. The van der Waals surface area contributed by atoms with E-state index >= 15 is 0 Å². The predicted molar refractivity (Wildman–Crippen MR) is 127 cm³/mol. The minimum Gasteiger partial charge on any atom is -0.496 e. The molecular weight excluding hydrogens is 442 g/mol. The van der Waals surface area contributed by atoms with Crippen LogP contribution in [0.25, 0.3) is 0 Å². The maximum Gasteiger partial charge on any atom is 0.300 e. The Balaban J connectivity index is 0.000000709. The van der Waals surface area contributed by atoms with Gasteiger partial charge in [0.2, 0.25) is 0 Å². The Bertz CT molecular complexity index is 964. The van der Waals surface area contributed by atoms with E-state index < -0.39 is 5.97 Å². The van der Waals surface area contributed by atoms with Crippen LogP contribution in [-0.4, -0.2) is 53.7 Å². The Hall–Kier alpha value is -2.49. The van der Waals surface area contributed by atoms with Crippen LogP contribution in [0.15, 0.2) is 23.6 Å². The van der Waals surface area contributed by atoms with Gasteiger partial charge in [-0.15, -0.1) is 11.3 Å². The van der Waals surface area contributed by atoms with Crippen LogP contribution in [0.5, 0.6) is 5.75 Å². The molecule has 1 spiro atoms. The number of nitrogens with zero attached hydrogens (tertiary/aromatic N) is 2. The van der Waals surface area contributed by atoms with Crippen molar-refractivity contribution in [3.05, 3.63) is 45.4 Å². The quantitative estimate of drug-likeness (QED) is 0.694. The molecule has 1 amide bonds. The van der Waals surface area contributed by atoms with Gasteiger partial charge < -0.3 is 25.2 Å². The van der Waals surface area contributed by atoms with Gasteiger partial charge >= 0.3 is 0 Å². The molecule has 0 saturated carbocycles. The van der Waals surface area contributed by atoms with Gasteiger partial charge in [-0.3, -0.25) is 9.59 Å². The highest BCUT2D eigenvalue weighted by molar-refractivity contribution is 7.09. The van der Waals surface area contributed by atoms with Crippen molar-refractivity contribution in [2.45, 2.75) is 51.7 Å². The van der Waals surface area contributed by atoms with Crippen molar-refractivity contribution < 1.29 is 24.2 Å². The van der Waals surface area contributed by atoms with Crippen molar-refractivity contribution in [3.8, 4) is 5.75 Å². The zero-order valence-corrected chi connectivity index (χ0v) is 20.5. The molecule has 0 radical (unpaired) electrons. The fraction of sp³-hybridized carbons (Fsp3) is 0.542. The van der Waals surface area contributed by atoms with Gasteiger partial charge in [-0.1, -0.05) is 26.0 Å². The molecule has 2 aliphatic heterocycles. The summed E-state index contributed by atoms with van der Waals surface area (Å²) in [6.07, 6.45) is 2.41. The number of carbonyl (C=O) groups is 2. The van der Waals surface area contributed by atoms with E-state index in [9.17, 15) is 4.79 Å². The number of ether oxygens (including phenoxy) is 2. The van der Waals surface area contributed by atoms with E-state index in [2.05, 4.69) is 24.9 Å². The molecule has 0 aliphatic carbocycles. The molecule has 1 aromatic carbocycles. The number of carboxylic acids is 1. The van der Waals surface area contributed by atoms with Crippen LogP contribution in [0.2, 0.25) is 0 Å². The van der Waals surface area contributed by atoms with Gasteiger partial charge in [-0.25, -0.2) is 4.98 Å². The molecule has 1 aromatic heterocycles. The summed E-state index contributed by atoms with van der Waals surface area (Å²) in [5.41, 5.74) is 8.78. The summed E-state index contributed by atoms with van der Waals surface area (Å²) in [6.45, 7) is 7.19. The number of thiazole rings is 1. The zero-order valence-electron chi connectivity index (χ0n) is 19.7. The number of piperidine rings is 1. The number of aromatic nitrogens is 1. The smallest absolute Gasteiger partial charge is 0.300 e. The standard InChI is InChI=1S/C22H29N3O3S.C2H4O2/c1-14(2)19(23)20-24-16(13-29-20)21(26)25-10-8-22(9-11-25)18-15(7-12-28-22)5-4-6-17(18)27-3;1-2(3)4/h4-6,13-14,19H,7-12,23H2,1-3H3;1H3,(H,3,4)/t19-;/m0./s1. The molecule has 1 atom stereocenters. The molecule has 8 nitrogen and oxygen atoms in total. The fourth-order valence-corrected chi connectivity index (χ4v) is 5.32. The van der Waals surface area contributed by atoms with Crippen LogP contribution in [0.3, 0.4) is 0 Å². The molecule has 2 aromatic rings. The number of carboxylic acid groups (broad SMARTS) is 1. The number of rotatable bonds is 4. The summed E-state index contributed by atoms with van der Waals surface area (Å²) in [4.78, 5) is 28.4. The second-order valence-electron chi connectivity index (χ2n) is 8.74. The van der Waals surface area contributed by atoms with E-state index in [1.54, 1.807) is 7.11 Å². The topological polar surface area (TPSA) is 115 Å². The van der Waals surface area contributed by atoms with E-state index in [0.29, 0.717) is 25.4 Å². The number of methoxy groups -OCH3 is 1. The molecular formula is C24H33N3O5S. The van der Waals surface area contributed by atoms with Gasteiger partial charge in [-0.2, -0.15) is 0 Å². The zero-order chi connectivity index (χ0) is 24.2. The Labute approximate surface area is 198 Å². The Morgan fingerprint density at radius 3 is 2.58 bits per heavy atom. The number of hydrogen-bond acceptors (Lipinski definition) is 7. The van der Waals surface area contributed by atoms with Crippen molar-refractivity contribution in [3.63, 3.8) is 0 Å². The van der Waals surface area contributed by atoms with Gasteiger partial charge in [0.1, 0.15) is 22.1 Å². The average Bonchev–Trinajstić information content (AvgIpc) is 3.28. The third-order valence-electron chi connectivity index (χ3n) is 6.14. The Morgan fingerprint density at radius 2 is 1.97 bits per heavy atom. The summed E-state index contributed by atoms with van der Waals surface area (Å²) in [6, 6.07) is 6.07. The lowest BCUT2D eigenvalue weighted by Gasteiger charge is -2.45. The van der Waals surface area contributed by atoms with Crippen molar-refractivity contribution >= 4 is 23.2 Å². The lowest BCUT2D eigenvalue weighted by Crippen LogP contribution is -2.48. The molecule has 0 bridgehead atoms. The summed E-state index contributed by atoms with van der Waals surface area (Å²) < 4.78 is 12.0. The molecule has 33 heavy (non-hydrogen) atoms. The first-order valence-corrected chi connectivity index (χ1v) is 12.1. The third-order valence-corrected chi connectivity index (χ3v) is 7.09. The van der Waals surface area contributed by atoms with Crippen molar-refractivity contribution in [1.82, 2.24) is 9.88 Å². The van der Waals surface area contributed by atoms with Gasteiger partial charge in [0.25, 0.3) is 11.9 Å². The second-order valence-corrected chi connectivity index (χ2v) is 9.63. The summed E-state index contributed by atoms with van der Waals surface area (Å²) in [7, 11) is 1.71. The number of amides is 1. The monoisotopic (exact) mass is 475 g/mol. The first-order valence-electron chi connectivity index (χ1n) is 11.2. The lowest BCUT2D eigenvalue weighted by molar-refractivity contribution is -0.134. The minimum absolute atomic E-state index is 0.0191. The molecule has 180 valence electrons. The number of hydrogen-bond donors (Lipinski definition) is 2. The molecule has 9 heteroatoms. The van der Waals surface area contributed by atoms with E-state index in [-0.39, 0.29) is 23.5 Å². The fourth-order valence-electron chi connectivity index (χ4n) is 4.35. The van der Waals surface area contributed by atoms with Crippen LogP contribution in [0.1, 0.15) is 66.3 Å². The van der Waals surface area contributed by atoms with E-state index in [1.807, 2.05) is 22.4 Å². The summed E-state index contributed by atoms with van der Waals surface area (Å²) >= 11 is 1.47. The van der Waals surface area contributed by atoms with Gasteiger partial charge in [0.05, 0.1) is 19.8 Å². The predicted octanol–water partition coefficient (Wildman–Crippen LogP) is 3.60. The van der Waals surface area contributed by atoms with Crippen LogP contribution in [0, 0.1) is 5.92 Å². The van der Waals surface area contributed by atoms with Crippen molar-refractivity contribution in [2.24, 2.45) is 11.7 Å². The number of benzene rings is 1. The first kappa shape index (κ1) is 25.1. The SMILES string of the molecule is CC(=O)O.COc1cccc2c1C1(CCN(C(=O)c3csc([C@@H](N)C(C)C)n3)CC1)OCC2. The molecule has 1 saturated heterocycles. The van der Waals surface area contributed by atoms with Gasteiger partial charge in [-0.05, 0) is 36.8 Å². The van der Waals surface area contributed by atoms with Crippen molar-refractivity contribution in [2.75, 3.05) is 26.8 Å². The summed E-state index contributed by atoms with van der Waals surface area (Å²) in [5, 5.41) is 10.1. The molecule has 2 aliphatic rings. The molecule has 1 fully saturated rings. The maximum absolute atomic E-state index is 13.0. The highest BCUT2D eigenvalue weighted by atomic mass is 32.1. The maximum atomic E-state index is 13.0. The second kappa shape index (κ2) is 10.6. The van der Waals surface area contributed by atoms with Gasteiger partial charge in [0.15, 0.2) is 0 Å². The Morgan fingerprint density at radius 1 is 1.30 bits per heavy atom. The third kappa shape index (κ3) is 5.54. The molecule has 0 unspecified atom stereocenters. The normalized spacial score (nSPS) is 17.7. The van der Waals surface area contributed by atoms with E-state index in [4.69, 9.17) is 25.1 Å². The number of nitrogens with two attached hydrogens (primary N) is 1. The van der Waals surface area contributed by atoms with Crippen molar-refractivity contribution in [1.29, 1.82) is 0 Å². The first-order chi connectivity index (χ1) is 15.7. The van der Waals surface area contributed by atoms with Crippen LogP contribution in [-0.2, 0) is 21.6 Å². The molecule has 4 rings (SSSR count). The minimum atomic E-state index is -0.833. The van der Waals surface area contributed by atoms with Crippen LogP contribution >= 0.6 is 11.3 Å². The summed E-state index contributed by atoms with van der Waals surface area (Å²) in [5.74, 6) is 0.320. The highest BCUT2D eigenvalue weighted by Crippen LogP contribution is 2.46. The van der Waals surface area contributed by atoms with E-state index in [0.717, 1.165) is 36.9 Å². The largest absolute Gasteiger partial charge is 0.496 e. The lowest BCUT2D eigenvalue weighted by atomic mass is 9.78. The Kier molecular flexibility index (Phi) is 8.10. The molecule has 3 heterocycles. The number of likely N-dealkylation sites (tertiary alicyclic amines) is 1. The number of carbonyl (C=O) groups excluding carboxylic acids is 1. The van der Waals surface area contributed by atoms with Gasteiger partial charge in [0, 0.05) is 31.0 Å². The van der Waals surface area contributed by atoms with E-state index in [1.165, 1.54) is 22.5 Å². The van der Waals surface area contributed by atoms with Crippen LogP contribution < -0.4 is 10.5 Å². The van der Waals surface area contributed by atoms with Crippen LogP contribution in [0.4, 0.5) is 0 Å². The number of fused-ring (bicyclic) bond motifs is 2. The molecule has 3 N–H and O–H groups in total. The highest BCUT2D eigenvalue weighted by Gasteiger charge is 2.44.